The third kappa shape index (κ3) is 4.18. The topological polar surface area (TPSA) is 73.2 Å². The molecule has 0 saturated heterocycles. The third-order valence-electron chi connectivity index (χ3n) is 4.45. The highest BCUT2D eigenvalue weighted by Gasteiger charge is 2.21. The van der Waals surface area contributed by atoms with Crippen molar-refractivity contribution in [3.05, 3.63) is 70.3 Å². The largest absolute Gasteiger partial charge is 0.497 e. The molecular weight excluding hydrogens is 373 g/mol. The second-order valence-corrected chi connectivity index (χ2v) is 6.90. The van der Waals surface area contributed by atoms with Crippen molar-refractivity contribution >= 4 is 11.7 Å². The number of hydrogen-bond acceptors (Lipinski definition) is 4. The molecule has 6 nitrogen and oxygen atoms in total. The number of ether oxygens (including phenoxy) is 1. The predicted octanol–water partition coefficient (Wildman–Crippen LogP) is 3.95. The van der Waals surface area contributed by atoms with E-state index in [4.69, 9.17) is 4.74 Å². The molecule has 150 valence electrons. The summed E-state index contributed by atoms with van der Waals surface area (Å²) in [6.07, 6.45) is 0. The number of carbonyl (C=O) groups excluding carboxylic acids is 1. The zero-order chi connectivity index (χ0) is 21.1. The summed E-state index contributed by atoms with van der Waals surface area (Å²) >= 11 is 0. The van der Waals surface area contributed by atoms with Crippen LogP contribution in [0.4, 0.5) is 10.2 Å². The van der Waals surface area contributed by atoms with E-state index >= 15 is 0 Å². The van der Waals surface area contributed by atoms with Crippen LogP contribution in [0.25, 0.3) is 16.8 Å². The Morgan fingerprint density at radius 2 is 1.86 bits per heavy atom. The first kappa shape index (κ1) is 20.3. The molecular formula is C22H22FN3O3. The lowest BCUT2D eigenvalue weighted by Gasteiger charge is -2.19. The van der Waals surface area contributed by atoms with Crippen LogP contribution in [0.3, 0.4) is 0 Å². The lowest BCUT2D eigenvalue weighted by Crippen LogP contribution is -2.26. The lowest BCUT2D eigenvalue weighted by molar-refractivity contribution is -0.118. The van der Waals surface area contributed by atoms with E-state index in [1.807, 2.05) is 0 Å². The fourth-order valence-corrected chi connectivity index (χ4v) is 2.83. The van der Waals surface area contributed by atoms with Gasteiger partial charge < -0.3 is 10.1 Å². The van der Waals surface area contributed by atoms with Crippen LogP contribution in [0.2, 0.25) is 0 Å². The van der Waals surface area contributed by atoms with Gasteiger partial charge in [0.25, 0.3) is 0 Å². The van der Waals surface area contributed by atoms with Crippen molar-refractivity contribution in [3.8, 4) is 22.6 Å². The molecule has 0 aliphatic heterocycles. The summed E-state index contributed by atoms with van der Waals surface area (Å²) in [7, 11) is 1.54. The Hall–Kier alpha value is -3.48. The summed E-state index contributed by atoms with van der Waals surface area (Å²) in [5, 5.41) is 7.17. The Morgan fingerprint density at radius 1 is 1.17 bits per heavy atom. The van der Waals surface area contributed by atoms with Crippen molar-refractivity contribution in [2.45, 2.75) is 20.8 Å². The Balaban J connectivity index is 2.34. The quantitative estimate of drug-likeness (QED) is 0.710. The maximum absolute atomic E-state index is 13.4. The number of rotatable bonds is 5. The molecule has 1 amide bonds. The molecule has 0 unspecified atom stereocenters. The average molecular weight is 395 g/mol. The van der Waals surface area contributed by atoms with Gasteiger partial charge in [-0.25, -0.2) is 9.07 Å². The first-order valence-electron chi connectivity index (χ1n) is 9.17. The minimum atomic E-state index is -0.396. The number of aromatic nitrogens is 2. The molecule has 0 bridgehead atoms. The molecule has 0 aliphatic rings. The van der Waals surface area contributed by atoms with Crippen LogP contribution in [0.15, 0.2) is 53.3 Å². The van der Waals surface area contributed by atoms with Crippen molar-refractivity contribution < 1.29 is 13.9 Å². The SMILES string of the molecule is COc1cccc(-c2c(NC(=O)C(C)C)n(-c3ccc(F)cc3)nc(C)c2=O)c1. The lowest BCUT2D eigenvalue weighted by atomic mass is 10.0. The van der Waals surface area contributed by atoms with Gasteiger partial charge in [-0.15, -0.1) is 0 Å². The molecule has 1 N–H and O–H groups in total. The van der Waals surface area contributed by atoms with E-state index in [-0.39, 0.29) is 34.3 Å². The van der Waals surface area contributed by atoms with Gasteiger partial charge in [0.15, 0.2) is 0 Å². The van der Waals surface area contributed by atoms with E-state index in [1.54, 1.807) is 45.0 Å². The van der Waals surface area contributed by atoms with Crippen LogP contribution in [-0.2, 0) is 4.79 Å². The fourth-order valence-electron chi connectivity index (χ4n) is 2.83. The van der Waals surface area contributed by atoms with Crippen molar-refractivity contribution in [2.75, 3.05) is 12.4 Å². The Labute approximate surface area is 168 Å². The molecule has 3 aromatic rings. The Bertz CT molecular complexity index is 1110. The van der Waals surface area contributed by atoms with Crippen molar-refractivity contribution in [1.29, 1.82) is 0 Å². The highest BCUT2D eigenvalue weighted by Crippen LogP contribution is 2.29. The molecule has 0 saturated carbocycles. The summed E-state index contributed by atoms with van der Waals surface area (Å²) in [5.41, 5.74) is 1.31. The molecule has 0 fully saturated rings. The van der Waals surface area contributed by atoms with Crippen LogP contribution < -0.4 is 15.5 Å². The number of amides is 1. The van der Waals surface area contributed by atoms with Crippen molar-refractivity contribution in [3.63, 3.8) is 0 Å². The number of hydrogen-bond donors (Lipinski definition) is 1. The average Bonchev–Trinajstić information content (AvgIpc) is 2.71. The van der Waals surface area contributed by atoms with Crippen LogP contribution in [0.1, 0.15) is 19.5 Å². The molecule has 0 radical (unpaired) electrons. The van der Waals surface area contributed by atoms with Gasteiger partial charge in [0.05, 0.1) is 18.4 Å². The van der Waals surface area contributed by atoms with Gasteiger partial charge in [0, 0.05) is 5.92 Å². The van der Waals surface area contributed by atoms with Gasteiger partial charge >= 0.3 is 0 Å². The monoisotopic (exact) mass is 395 g/mol. The maximum atomic E-state index is 13.4. The number of nitrogens with zero attached hydrogens (tertiary/aromatic N) is 2. The predicted molar refractivity (Wildman–Crippen MR) is 110 cm³/mol. The summed E-state index contributed by atoms with van der Waals surface area (Å²) < 4.78 is 20.2. The molecule has 2 aromatic carbocycles. The second kappa shape index (κ2) is 8.26. The fraction of sp³-hybridized carbons (Fsp3) is 0.227. The van der Waals surface area contributed by atoms with E-state index in [1.165, 1.54) is 36.1 Å². The van der Waals surface area contributed by atoms with Gasteiger partial charge in [-0.1, -0.05) is 26.0 Å². The summed E-state index contributed by atoms with van der Waals surface area (Å²) in [6.45, 7) is 5.10. The standard InChI is InChI=1S/C22H22FN3O3/c1-13(2)22(28)24-21-19(15-6-5-7-18(12-15)29-4)20(27)14(3)25-26(21)17-10-8-16(23)9-11-17/h5-13H,1-4H3,(H,24,28). The summed E-state index contributed by atoms with van der Waals surface area (Å²) in [4.78, 5) is 25.6. The minimum absolute atomic E-state index is 0.221. The van der Waals surface area contributed by atoms with E-state index in [0.717, 1.165) is 0 Å². The third-order valence-corrected chi connectivity index (χ3v) is 4.45. The van der Waals surface area contributed by atoms with E-state index < -0.39 is 5.82 Å². The Morgan fingerprint density at radius 3 is 2.48 bits per heavy atom. The highest BCUT2D eigenvalue weighted by molar-refractivity contribution is 5.95. The summed E-state index contributed by atoms with van der Waals surface area (Å²) in [5.74, 6) is -0.182. The summed E-state index contributed by atoms with van der Waals surface area (Å²) in [6, 6.07) is 12.7. The number of aryl methyl sites for hydroxylation is 1. The maximum Gasteiger partial charge on any atom is 0.228 e. The van der Waals surface area contributed by atoms with Gasteiger partial charge in [0.1, 0.15) is 23.1 Å². The van der Waals surface area contributed by atoms with Crippen LogP contribution in [0, 0.1) is 18.7 Å². The first-order valence-corrected chi connectivity index (χ1v) is 9.17. The molecule has 29 heavy (non-hydrogen) atoms. The number of methoxy groups -OCH3 is 1. The number of nitrogens with one attached hydrogen (secondary N) is 1. The molecule has 0 spiro atoms. The van der Waals surface area contributed by atoms with Gasteiger partial charge in [-0.05, 0) is 48.9 Å². The smallest absolute Gasteiger partial charge is 0.228 e. The van der Waals surface area contributed by atoms with Gasteiger partial charge in [0.2, 0.25) is 11.3 Å². The molecule has 3 rings (SSSR count). The number of carbonyl (C=O) groups is 1. The van der Waals surface area contributed by atoms with E-state index in [0.29, 0.717) is 17.0 Å². The minimum Gasteiger partial charge on any atom is -0.497 e. The van der Waals surface area contributed by atoms with Crippen molar-refractivity contribution in [2.24, 2.45) is 5.92 Å². The second-order valence-electron chi connectivity index (χ2n) is 6.90. The number of benzene rings is 2. The normalized spacial score (nSPS) is 10.8. The molecule has 0 aliphatic carbocycles. The number of halogens is 1. The number of anilines is 1. The first-order chi connectivity index (χ1) is 13.8. The van der Waals surface area contributed by atoms with E-state index in [2.05, 4.69) is 10.4 Å². The molecule has 1 aromatic heterocycles. The van der Waals surface area contributed by atoms with Crippen LogP contribution in [-0.4, -0.2) is 22.8 Å². The van der Waals surface area contributed by atoms with Crippen LogP contribution >= 0.6 is 0 Å². The van der Waals surface area contributed by atoms with Gasteiger partial charge in [-0.2, -0.15) is 5.10 Å². The molecule has 1 heterocycles. The molecule has 0 atom stereocenters. The van der Waals surface area contributed by atoms with Crippen molar-refractivity contribution in [1.82, 2.24) is 9.78 Å². The highest BCUT2D eigenvalue weighted by atomic mass is 19.1. The zero-order valence-corrected chi connectivity index (χ0v) is 16.7. The van der Waals surface area contributed by atoms with Crippen LogP contribution in [0.5, 0.6) is 5.75 Å². The van der Waals surface area contributed by atoms with Gasteiger partial charge in [-0.3, -0.25) is 9.59 Å². The zero-order valence-electron chi connectivity index (χ0n) is 16.7. The van der Waals surface area contributed by atoms with E-state index in [9.17, 15) is 14.0 Å². The molecule has 7 heteroatoms. The Kier molecular flexibility index (Phi) is 5.77.